The summed E-state index contributed by atoms with van der Waals surface area (Å²) >= 11 is 0. The highest BCUT2D eigenvalue weighted by Crippen LogP contribution is 2.56. The van der Waals surface area contributed by atoms with E-state index in [0.29, 0.717) is 11.8 Å². The highest BCUT2D eigenvalue weighted by molar-refractivity contribution is 5.85. The second-order valence-corrected chi connectivity index (χ2v) is 6.52. The molecule has 0 aromatic heterocycles. The summed E-state index contributed by atoms with van der Waals surface area (Å²) in [5.41, 5.74) is 11.0. The van der Waals surface area contributed by atoms with E-state index in [2.05, 4.69) is 29.6 Å². The lowest BCUT2D eigenvalue weighted by Gasteiger charge is -2.14. The lowest BCUT2D eigenvalue weighted by atomic mass is 10.0. The predicted molar refractivity (Wildman–Crippen MR) is 93.7 cm³/mol. The molecule has 1 amide bonds. The lowest BCUT2D eigenvalue weighted by Crippen LogP contribution is -2.37. The average molecular weight is 329 g/mol. The van der Waals surface area contributed by atoms with Crippen LogP contribution in [0.1, 0.15) is 34.2 Å². The molecule has 4 rings (SSSR count). The first-order chi connectivity index (χ1) is 10.6. The van der Waals surface area contributed by atoms with Crippen LogP contribution in [-0.2, 0) is 11.2 Å². The first-order valence-electron chi connectivity index (χ1n) is 7.85. The zero-order valence-corrected chi connectivity index (χ0v) is 13.8. The fourth-order valence-corrected chi connectivity index (χ4v) is 3.73. The van der Waals surface area contributed by atoms with Gasteiger partial charge in [0.15, 0.2) is 0 Å². The zero-order chi connectivity index (χ0) is 15.3. The summed E-state index contributed by atoms with van der Waals surface area (Å²) in [5.74, 6) is 0.984. The van der Waals surface area contributed by atoms with Gasteiger partial charge in [-0.1, -0.05) is 54.1 Å². The van der Waals surface area contributed by atoms with Crippen molar-refractivity contribution < 1.29 is 4.79 Å². The summed E-state index contributed by atoms with van der Waals surface area (Å²) in [6, 6.07) is 16.1. The predicted octanol–water partition coefficient (Wildman–Crippen LogP) is 2.87. The van der Waals surface area contributed by atoms with Crippen molar-refractivity contribution in [2.75, 3.05) is 0 Å². The molecule has 4 heteroatoms. The molecule has 2 aromatic rings. The molecular weight excluding hydrogens is 308 g/mol. The molecular formula is C19H21ClN2O. The van der Waals surface area contributed by atoms with E-state index in [9.17, 15) is 4.79 Å². The third-order valence-corrected chi connectivity index (χ3v) is 5.07. The summed E-state index contributed by atoms with van der Waals surface area (Å²) in [4.78, 5) is 12.4. The van der Waals surface area contributed by atoms with Gasteiger partial charge in [-0.2, -0.15) is 0 Å². The second-order valence-electron chi connectivity index (χ2n) is 6.52. The molecule has 3 nitrogen and oxygen atoms in total. The summed E-state index contributed by atoms with van der Waals surface area (Å²) < 4.78 is 0. The Morgan fingerprint density at radius 1 is 1.17 bits per heavy atom. The van der Waals surface area contributed by atoms with Crippen molar-refractivity contribution in [1.29, 1.82) is 0 Å². The van der Waals surface area contributed by atoms with Gasteiger partial charge in [0.1, 0.15) is 6.04 Å². The largest absolute Gasteiger partial charge is 0.351 e. The van der Waals surface area contributed by atoms with Crippen molar-refractivity contribution in [1.82, 2.24) is 5.32 Å². The SMILES string of the molecule is Cc1ccc(C(N)C(=O)NC2C3Cc4ccccc4C32)cc1.Cl. The highest BCUT2D eigenvalue weighted by Gasteiger charge is 2.56. The number of amides is 1. The van der Waals surface area contributed by atoms with Gasteiger partial charge in [0.25, 0.3) is 0 Å². The van der Waals surface area contributed by atoms with Crippen LogP contribution in [0.25, 0.3) is 0 Å². The van der Waals surface area contributed by atoms with Crippen molar-refractivity contribution in [3.05, 3.63) is 70.8 Å². The van der Waals surface area contributed by atoms with E-state index in [1.54, 1.807) is 0 Å². The van der Waals surface area contributed by atoms with Crippen LogP contribution in [0.2, 0.25) is 0 Å². The molecule has 23 heavy (non-hydrogen) atoms. The minimum Gasteiger partial charge on any atom is -0.351 e. The molecule has 0 heterocycles. The molecule has 4 atom stereocenters. The molecule has 2 aromatic carbocycles. The van der Waals surface area contributed by atoms with Crippen LogP contribution in [0.4, 0.5) is 0 Å². The molecule has 0 spiro atoms. The summed E-state index contributed by atoms with van der Waals surface area (Å²) in [5, 5.41) is 3.15. The third kappa shape index (κ3) is 2.75. The van der Waals surface area contributed by atoms with Gasteiger partial charge in [0.05, 0.1) is 0 Å². The van der Waals surface area contributed by atoms with Crippen molar-refractivity contribution in [3.8, 4) is 0 Å². The average Bonchev–Trinajstić information content (AvgIpc) is 3.04. The van der Waals surface area contributed by atoms with Crippen LogP contribution < -0.4 is 11.1 Å². The van der Waals surface area contributed by atoms with Crippen LogP contribution in [0.3, 0.4) is 0 Å². The Kier molecular flexibility index (Phi) is 4.17. The fourth-order valence-electron chi connectivity index (χ4n) is 3.73. The first-order valence-corrected chi connectivity index (χ1v) is 7.85. The molecule has 2 aliphatic carbocycles. The number of halogens is 1. The molecule has 0 bridgehead atoms. The van der Waals surface area contributed by atoms with E-state index in [4.69, 9.17) is 5.73 Å². The summed E-state index contributed by atoms with van der Waals surface area (Å²) in [6.45, 7) is 2.03. The van der Waals surface area contributed by atoms with Gasteiger partial charge in [0.2, 0.25) is 5.91 Å². The number of aryl methyl sites for hydroxylation is 1. The Bertz CT molecular complexity index is 728. The van der Waals surface area contributed by atoms with Crippen LogP contribution in [0.15, 0.2) is 48.5 Å². The second kappa shape index (κ2) is 5.99. The maximum atomic E-state index is 12.4. The molecule has 3 N–H and O–H groups in total. The van der Waals surface area contributed by atoms with Gasteiger partial charge < -0.3 is 11.1 Å². The van der Waals surface area contributed by atoms with Crippen LogP contribution in [0.5, 0.6) is 0 Å². The Balaban J connectivity index is 0.00000156. The van der Waals surface area contributed by atoms with Gasteiger partial charge in [-0.05, 0) is 36.0 Å². The van der Waals surface area contributed by atoms with Crippen LogP contribution in [-0.4, -0.2) is 11.9 Å². The number of fused-ring (bicyclic) bond motifs is 3. The Morgan fingerprint density at radius 3 is 2.61 bits per heavy atom. The smallest absolute Gasteiger partial charge is 0.241 e. The maximum Gasteiger partial charge on any atom is 0.241 e. The zero-order valence-electron chi connectivity index (χ0n) is 13.0. The Labute approximate surface area is 142 Å². The highest BCUT2D eigenvalue weighted by atomic mass is 35.5. The molecule has 0 radical (unpaired) electrons. The first kappa shape index (κ1) is 16.0. The molecule has 1 saturated carbocycles. The van der Waals surface area contributed by atoms with E-state index in [0.717, 1.165) is 12.0 Å². The standard InChI is InChI=1S/C19H20N2O.ClH/c1-11-6-8-12(9-7-11)17(20)19(22)21-18-15-10-13-4-2-3-5-14(13)16(15)18;/h2-9,15-18H,10,20H2,1H3,(H,21,22);1H. The van der Waals surface area contributed by atoms with Crippen molar-refractivity contribution in [2.24, 2.45) is 11.7 Å². The summed E-state index contributed by atoms with van der Waals surface area (Å²) in [6.07, 6.45) is 1.07. The summed E-state index contributed by atoms with van der Waals surface area (Å²) in [7, 11) is 0. The number of hydrogen-bond donors (Lipinski definition) is 2. The lowest BCUT2D eigenvalue weighted by molar-refractivity contribution is -0.122. The number of rotatable bonds is 3. The Hall–Kier alpha value is -1.84. The molecule has 120 valence electrons. The molecule has 4 unspecified atom stereocenters. The minimum absolute atomic E-state index is 0. The Morgan fingerprint density at radius 2 is 1.87 bits per heavy atom. The number of carbonyl (C=O) groups excluding carboxylic acids is 1. The van der Waals surface area contributed by atoms with Gasteiger partial charge in [-0.25, -0.2) is 0 Å². The monoisotopic (exact) mass is 328 g/mol. The normalized spacial score (nSPS) is 24.9. The minimum atomic E-state index is -0.586. The van der Waals surface area contributed by atoms with E-state index in [1.807, 2.05) is 31.2 Å². The number of hydrogen-bond acceptors (Lipinski definition) is 2. The topological polar surface area (TPSA) is 55.1 Å². The van der Waals surface area contributed by atoms with Crippen molar-refractivity contribution in [3.63, 3.8) is 0 Å². The van der Waals surface area contributed by atoms with Crippen molar-refractivity contribution in [2.45, 2.75) is 31.3 Å². The van der Waals surface area contributed by atoms with Crippen LogP contribution in [0, 0.1) is 12.8 Å². The molecule has 2 aliphatic rings. The van der Waals surface area contributed by atoms with E-state index in [-0.39, 0.29) is 24.4 Å². The van der Waals surface area contributed by atoms with Gasteiger partial charge in [-0.3, -0.25) is 4.79 Å². The van der Waals surface area contributed by atoms with E-state index < -0.39 is 6.04 Å². The quantitative estimate of drug-likeness (QED) is 0.910. The molecule has 1 fully saturated rings. The van der Waals surface area contributed by atoms with Gasteiger partial charge in [0, 0.05) is 12.0 Å². The number of nitrogens with two attached hydrogens (primary N) is 1. The third-order valence-electron chi connectivity index (χ3n) is 5.07. The van der Waals surface area contributed by atoms with E-state index in [1.165, 1.54) is 16.7 Å². The fraction of sp³-hybridized carbons (Fsp3) is 0.316. The number of nitrogens with one attached hydrogen (secondary N) is 1. The van der Waals surface area contributed by atoms with Crippen LogP contribution >= 0.6 is 12.4 Å². The van der Waals surface area contributed by atoms with Gasteiger partial charge >= 0.3 is 0 Å². The van der Waals surface area contributed by atoms with Crippen molar-refractivity contribution >= 4 is 18.3 Å². The van der Waals surface area contributed by atoms with Gasteiger partial charge in [-0.15, -0.1) is 12.4 Å². The number of carbonyl (C=O) groups is 1. The molecule has 0 saturated heterocycles. The molecule has 0 aliphatic heterocycles. The number of benzene rings is 2. The maximum absolute atomic E-state index is 12.4. The van der Waals surface area contributed by atoms with E-state index >= 15 is 0 Å².